The Morgan fingerprint density at radius 3 is 2.33 bits per heavy atom. The van der Waals surface area contributed by atoms with Crippen molar-refractivity contribution in [2.24, 2.45) is 16.6 Å². The van der Waals surface area contributed by atoms with E-state index in [0.29, 0.717) is 12.5 Å². The van der Waals surface area contributed by atoms with E-state index in [1.54, 1.807) is 0 Å². The van der Waals surface area contributed by atoms with E-state index in [4.69, 9.17) is 5.73 Å². The Morgan fingerprint density at radius 1 is 1.47 bits per heavy atom. The maximum absolute atomic E-state index is 12.1. The molecule has 15 heavy (non-hydrogen) atoms. The first-order chi connectivity index (χ1) is 6.87. The zero-order valence-corrected chi connectivity index (χ0v) is 10.5. The standard InChI is InChI=1S/C12H24N2O/c1-5-12(6-7-12)10(15)14(4)9-11(2,3)8-13/h5-9,13H2,1-4H3. The molecule has 0 heterocycles. The van der Waals surface area contributed by atoms with Gasteiger partial charge >= 0.3 is 0 Å². The van der Waals surface area contributed by atoms with E-state index in [9.17, 15) is 4.79 Å². The van der Waals surface area contributed by atoms with Crippen LogP contribution in [0, 0.1) is 10.8 Å². The first-order valence-electron chi connectivity index (χ1n) is 5.82. The van der Waals surface area contributed by atoms with Gasteiger partial charge in [0, 0.05) is 19.0 Å². The van der Waals surface area contributed by atoms with Crippen LogP contribution in [0.3, 0.4) is 0 Å². The molecule has 1 saturated carbocycles. The van der Waals surface area contributed by atoms with Gasteiger partial charge in [0.2, 0.25) is 5.91 Å². The molecule has 0 atom stereocenters. The molecule has 1 aliphatic rings. The summed E-state index contributed by atoms with van der Waals surface area (Å²) in [5.41, 5.74) is 5.68. The molecular formula is C12H24N2O. The molecule has 88 valence electrons. The molecule has 0 radical (unpaired) electrons. The summed E-state index contributed by atoms with van der Waals surface area (Å²) in [4.78, 5) is 14.0. The lowest BCUT2D eigenvalue weighted by Crippen LogP contribution is -2.42. The van der Waals surface area contributed by atoms with Crippen molar-refractivity contribution < 1.29 is 4.79 Å². The lowest BCUT2D eigenvalue weighted by atomic mass is 9.92. The number of hydrogen-bond donors (Lipinski definition) is 1. The topological polar surface area (TPSA) is 46.3 Å². The molecular weight excluding hydrogens is 188 g/mol. The van der Waals surface area contributed by atoms with E-state index >= 15 is 0 Å². The zero-order chi connectivity index (χ0) is 11.7. The average molecular weight is 212 g/mol. The lowest BCUT2D eigenvalue weighted by Gasteiger charge is -2.31. The zero-order valence-electron chi connectivity index (χ0n) is 10.5. The van der Waals surface area contributed by atoms with Crippen molar-refractivity contribution >= 4 is 5.91 Å². The van der Waals surface area contributed by atoms with Gasteiger partial charge in [0.1, 0.15) is 0 Å². The second-order valence-electron chi connectivity index (χ2n) is 5.66. The molecule has 0 aromatic rings. The summed E-state index contributed by atoms with van der Waals surface area (Å²) in [5.74, 6) is 0.312. The second kappa shape index (κ2) is 4.12. The van der Waals surface area contributed by atoms with Crippen LogP contribution in [-0.4, -0.2) is 30.9 Å². The van der Waals surface area contributed by atoms with E-state index in [1.165, 1.54) is 0 Å². The predicted octanol–water partition coefficient (Wildman–Crippen LogP) is 1.62. The van der Waals surface area contributed by atoms with E-state index < -0.39 is 0 Å². The minimum Gasteiger partial charge on any atom is -0.345 e. The molecule has 1 fully saturated rings. The number of rotatable bonds is 5. The van der Waals surface area contributed by atoms with Crippen LogP contribution in [0.15, 0.2) is 0 Å². The van der Waals surface area contributed by atoms with Gasteiger partial charge < -0.3 is 10.6 Å². The lowest BCUT2D eigenvalue weighted by molar-refractivity contribution is -0.137. The second-order valence-corrected chi connectivity index (χ2v) is 5.66. The van der Waals surface area contributed by atoms with Crippen LogP contribution in [0.5, 0.6) is 0 Å². The van der Waals surface area contributed by atoms with Gasteiger partial charge in [-0.2, -0.15) is 0 Å². The van der Waals surface area contributed by atoms with E-state index in [1.807, 2.05) is 11.9 Å². The van der Waals surface area contributed by atoms with Crippen molar-refractivity contribution in [1.29, 1.82) is 0 Å². The first-order valence-corrected chi connectivity index (χ1v) is 5.82. The smallest absolute Gasteiger partial charge is 0.228 e. The van der Waals surface area contributed by atoms with Gasteiger partial charge in [0.15, 0.2) is 0 Å². The summed E-state index contributed by atoms with van der Waals surface area (Å²) in [6.45, 7) is 7.67. The third-order valence-electron chi connectivity index (χ3n) is 3.55. The van der Waals surface area contributed by atoms with Crippen molar-refractivity contribution in [3.05, 3.63) is 0 Å². The largest absolute Gasteiger partial charge is 0.345 e. The van der Waals surface area contributed by atoms with Crippen molar-refractivity contribution in [1.82, 2.24) is 4.90 Å². The molecule has 0 bridgehead atoms. The highest BCUT2D eigenvalue weighted by atomic mass is 16.2. The molecule has 1 rings (SSSR count). The Morgan fingerprint density at radius 2 is 2.00 bits per heavy atom. The number of amides is 1. The fourth-order valence-electron chi connectivity index (χ4n) is 2.05. The Kier molecular flexibility index (Phi) is 3.44. The highest BCUT2D eigenvalue weighted by Gasteiger charge is 2.49. The van der Waals surface area contributed by atoms with Crippen LogP contribution in [0.4, 0.5) is 0 Å². The molecule has 0 unspecified atom stereocenters. The fourth-order valence-corrected chi connectivity index (χ4v) is 2.05. The molecule has 3 heteroatoms. The molecule has 0 aromatic heterocycles. The van der Waals surface area contributed by atoms with Gasteiger partial charge in [-0.25, -0.2) is 0 Å². The van der Waals surface area contributed by atoms with Gasteiger partial charge in [-0.05, 0) is 31.2 Å². The number of nitrogens with two attached hydrogens (primary N) is 1. The Bertz CT molecular complexity index is 244. The molecule has 0 spiro atoms. The summed E-state index contributed by atoms with van der Waals surface area (Å²) < 4.78 is 0. The molecule has 3 nitrogen and oxygen atoms in total. The van der Waals surface area contributed by atoms with Gasteiger partial charge in [-0.1, -0.05) is 20.8 Å². The minimum atomic E-state index is -0.0145. The van der Waals surface area contributed by atoms with Crippen LogP contribution in [0.2, 0.25) is 0 Å². The van der Waals surface area contributed by atoms with E-state index in [0.717, 1.165) is 25.8 Å². The number of carbonyl (C=O) groups is 1. The number of carbonyl (C=O) groups excluding carboxylic acids is 1. The maximum atomic E-state index is 12.1. The number of nitrogens with zero attached hydrogens (tertiary/aromatic N) is 1. The van der Waals surface area contributed by atoms with Gasteiger partial charge in [-0.15, -0.1) is 0 Å². The summed E-state index contributed by atoms with van der Waals surface area (Å²) >= 11 is 0. The third kappa shape index (κ3) is 2.71. The molecule has 0 saturated heterocycles. The van der Waals surface area contributed by atoms with Gasteiger partial charge in [-0.3, -0.25) is 4.79 Å². The van der Waals surface area contributed by atoms with E-state index in [-0.39, 0.29) is 10.8 Å². The Labute approximate surface area is 93.0 Å². The summed E-state index contributed by atoms with van der Waals surface area (Å²) in [7, 11) is 1.90. The van der Waals surface area contributed by atoms with Crippen molar-refractivity contribution in [2.45, 2.75) is 40.0 Å². The molecule has 0 aliphatic heterocycles. The highest BCUT2D eigenvalue weighted by Crippen LogP contribution is 2.50. The van der Waals surface area contributed by atoms with Gasteiger partial charge in [0.25, 0.3) is 0 Å². The highest BCUT2D eigenvalue weighted by molar-refractivity contribution is 5.85. The molecule has 1 amide bonds. The van der Waals surface area contributed by atoms with Crippen LogP contribution in [0.1, 0.15) is 40.0 Å². The monoisotopic (exact) mass is 212 g/mol. The minimum absolute atomic E-state index is 0.0145. The molecule has 0 aromatic carbocycles. The fraction of sp³-hybridized carbons (Fsp3) is 0.917. The first kappa shape index (κ1) is 12.5. The molecule has 1 aliphatic carbocycles. The summed E-state index contributed by atoms with van der Waals surface area (Å²) in [6, 6.07) is 0. The van der Waals surface area contributed by atoms with Crippen LogP contribution in [0.25, 0.3) is 0 Å². The molecule has 2 N–H and O–H groups in total. The third-order valence-corrected chi connectivity index (χ3v) is 3.55. The average Bonchev–Trinajstić information content (AvgIpc) is 2.96. The maximum Gasteiger partial charge on any atom is 0.228 e. The Hall–Kier alpha value is -0.570. The summed E-state index contributed by atoms with van der Waals surface area (Å²) in [5, 5.41) is 0. The van der Waals surface area contributed by atoms with Gasteiger partial charge in [0.05, 0.1) is 0 Å². The van der Waals surface area contributed by atoms with Crippen molar-refractivity contribution in [2.75, 3.05) is 20.1 Å². The van der Waals surface area contributed by atoms with E-state index in [2.05, 4.69) is 20.8 Å². The van der Waals surface area contributed by atoms with Crippen molar-refractivity contribution in [3.63, 3.8) is 0 Å². The number of hydrogen-bond acceptors (Lipinski definition) is 2. The SMILES string of the molecule is CCC1(C(=O)N(C)CC(C)(C)CN)CC1. The van der Waals surface area contributed by atoms with Crippen LogP contribution < -0.4 is 5.73 Å². The van der Waals surface area contributed by atoms with Crippen LogP contribution in [-0.2, 0) is 4.79 Å². The quantitative estimate of drug-likeness (QED) is 0.752. The Balaban J connectivity index is 2.54. The van der Waals surface area contributed by atoms with Crippen LogP contribution >= 0.6 is 0 Å². The summed E-state index contributed by atoms with van der Waals surface area (Å²) in [6.07, 6.45) is 3.10. The predicted molar refractivity (Wildman–Crippen MR) is 62.4 cm³/mol. The van der Waals surface area contributed by atoms with Crippen molar-refractivity contribution in [3.8, 4) is 0 Å². The normalized spacial score (nSPS) is 18.7.